The van der Waals surface area contributed by atoms with Crippen LogP contribution in [0.15, 0.2) is 18.2 Å². The lowest BCUT2D eigenvalue weighted by Crippen LogP contribution is -2.42. The summed E-state index contributed by atoms with van der Waals surface area (Å²) in [6, 6.07) is 4.91. The summed E-state index contributed by atoms with van der Waals surface area (Å²) in [6.07, 6.45) is 4.07. The van der Waals surface area contributed by atoms with Crippen LogP contribution in [0.25, 0.3) is 0 Å². The van der Waals surface area contributed by atoms with Crippen molar-refractivity contribution in [2.24, 2.45) is 5.73 Å². The molecule has 18 heavy (non-hydrogen) atoms. The van der Waals surface area contributed by atoms with E-state index >= 15 is 0 Å². The van der Waals surface area contributed by atoms with Gasteiger partial charge in [-0.05, 0) is 25.0 Å². The minimum absolute atomic E-state index is 0.0705. The van der Waals surface area contributed by atoms with Crippen molar-refractivity contribution >= 4 is 23.0 Å². The Hall–Kier alpha value is -1.33. The van der Waals surface area contributed by atoms with Gasteiger partial charge in [0.2, 0.25) is 0 Å². The van der Waals surface area contributed by atoms with E-state index < -0.39 is 4.92 Å². The summed E-state index contributed by atoms with van der Waals surface area (Å²) in [5, 5.41) is 14.5. The van der Waals surface area contributed by atoms with Crippen molar-refractivity contribution in [3.8, 4) is 0 Å². The van der Waals surface area contributed by atoms with Crippen LogP contribution in [0.1, 0.15) is 25.7 Å². The fourth-order valence-corrected chi connectivity index (χ4v) is 2.76. The van der Waals surface area contributed by atoms with Crippen molar-refractivity contribution in [1.82, 2.24) is 0 Å². The first-order valence-electron chi connectivity index (χ1n) is 5.99. The smallest absolute Gasteiger partial charge is 0.310 e. The minimum Gasteiger partial charge on any atom is -0.373 e. The first kappa shape index (κ1) is 13.1. The number of benzene rings is 1. The number of para-hydroxylation sites is 1. The summed E-state index contributed by atoms with van der Waals surface area (Å²) in [7, 11) is 0. The maximum Gasteiger partial charge on any atom is 0.310 e. The van der Waals surface area contributed by atoms with Gasteiger partial charge in [0.25, 0.3) is 0 Å². The largest absolute Gasteiger partial charge is 0.373 e. The molecule has 0 aliphatic heterocycles. The summed E-state index contributed by atoms with van der Waals surface area (Å²) in [4.78, 5) is 10.6. The molecule has 1 aliphatic carbocycles. The molecule has 6 heteroatoms. The topological polar surface area (TPSA) is 81.2 Å². The standard InChI is InChI=1S/C12H16ClN3O2/c13-9-4-3-5-10(11(9)16(17)18)15-12(8-14)6-1-2-7-12/h3-5,15H,1-2,6-8,14H2. The molecule has 0 unspecified atom stereocenters. The molecule has 1 aromatic carbocycles. The predicted octanol–water partition coefficient (Wildman–Crippen LogP) is 2.93. The molecule has 0 aromatic heterocycles. The molecule has 5 nitrogen and oxygen atoms in total. The molecule has 98 valence electrons. The second-order valence-electron chi connectivity index (χ2n) is 4.71. The summed E-state index contributed by atoms with van der Waals surface area (Å²) in [5.74, 6) is 0. The van der Waals surface area contributed by atoms with Gasteiger partial charge in [0.15, 0.2) is 0 Å². The molecular weight excluding hydrogens is 254 g/mol. The van der Waals surface area contributed by atoms with Crippen LogP contribution in [-0.2, 0) is 0 Å². The van der Waals surface area contributed by atoms with E-state index in [0.717, 1.165) is 25.7 Å². The molecule has 0 amide bonds. The summed E-state index contributed by atoms with van der Waals surface area (Å²) in [6.45, 7) is 0.469. The zero-order valence-corrected chi connectivity index (χ0v) is 10.7. The summed E-state index contributed by atoms with van der Waals surface area (Å²) >= 11 is 5.89. The monoisotopic (exact) mass is 269 g/mol. The van der Waals surface area contributed by atoms with Crippen molar-refractivity contribution in [3.05, 3.63) is 33.3 Å². The van der Waals surface area contributed by atoms with E-state index in [9.17, 15) is 10.1 Å². The number of nitrogens with zero attached hydrogens (tertiary/aromatic N) is 1. The Balaban J connectivity index is 2.34. The molecule has 1 aliphatic rings. The van der Waals surface area contributed by atoms with Crippen LogP contribution >= 0.6 is 11.6 Å². The number of nitro groups is 1. The predicted molar refractivity (Wildman–Crippen MR) is 72.0 cm³/mol. The maximum atomic E-state index is 11.1. The molecule has 0 saturated heterocycles. The van der Waals surface area contributed by atoms with Crippen molar-refractivity contribution in [2.75, 3.05) is 11.9 Å². The van der Waals surface area contributed by atoms with E-state index in [1.807, 2.05) is 0 Å². The quantitative estimate of drug-likeness (QED) is 0.650. The van der Waals surface area contributed by atoms with E-state index in [2.05, 4.69) is 5.32 Å². The fraction of sp³-hybridized carbons (Fsp3) is 0.500. The molecule has 0 heterocycles. The average molecular weight is 270 g/mol. The molecule has 0 spiro atoms. The highest BCUT2D eigenvalue weighted by Crippen LogP contribution is 2.38. The van der Waals surface area contributed by atoms with Crippen LogP contribution in [-0.4, -0.2) is 17.0 Å². The van der Waals surface area contributed by atoms with E-state index in [1.165, 1.54) is 6.07 Å². The number of hydrogen-bond donors (Lipinski definition) is 2. The third-order valence-corrected chi connectivity index (χ3v) is 3.83. The van der Waals surface area contributed by atoms with Crippen LogP contribution < -0.4 is 11.1 Å². The number of nitrogens with two attached hydrogens (primary N) is 1. The SMILES string of the molecule is NCC1(Nc2cccc(Cl)c2[N+](=O)[O-])CCCC1. The van der Waals surface area contributed by atoms with Gasteiger partial charge in [-0.25, -0.2) is 0 Å². The minimum atomic E-state index is -0.455. The van der Waals surface area contributed by atoms with E-state index in [-0.39, 0.29) is 16.2 Å². The van der Waals surface area contributed by atoms with Gasteiger partial charge < -0.3 is 11.1 Å². The van der Waals surface area contributed by atoms with Crippen molar-refractivity contribution in [3.63, 3.8) is 0 Å². The number of hydrogen-bond acceptors (Lipinski definition) is 4. The van der Waals surface area contributed by atoms with Gasteiger partial charge in [-0.3, -0.25) is 10.1 Å². The number of anilines is 1. The van der Waals surface area contributed by atoms with Crippen LogP contribution in [0.5, 0.6) is 0 Å². The Morgan fingerprint density at radius 2 is 2.11 bits per heavy atom. The highest BCUT2D eigenvalue weighted by atomic mass is 35.5. The van der Waals surface area contributed by atoms with Gasteiger partial charge in [0.05, 0.1) is 4.92 Å². The summed E-state index contributed by atoms with van der Waals surface area (Å²) in [5.41, 5.74) is 5.98. The Kier molecular flexibility index (Phi) is 3.73. The third kappa shape index (κ3) is 2.42. The molecule has 0 atom stereocenters. The first-order valence-corrected chi connectivity index (χ1v) is 6.37. The van der Waals surface area contributed by atoms with Crippen LogP contribution in [0.3, 0.4) is 0 Å². The maximum absolute atomic E-state index is 11.1. The van der Waals surface area contributed by atoms with Gasteiger partial charge in [0.1, 0.15) is 10.7 Å². The average Bonchev–Trinajstić information content (AvgIpc) is 2.78. The molecule has 1 fully saturated rings. The molecule has 2 rings (SSSR count). The molecule has 1 saturated carbocycles. The molecule has 0 radical (unpaired) electrons. The highest BCUT2D eigenvalue weighted by Gasteiger charge is 2.34. The molecule has 0 bridgehead atoms. The van der Waals surface area contributed by atoms with Crippen LogP contribution in [0.4, 0.5) is 11.4 Å². The van der Waals surface area contributed by atoms with E-state index in [0.29, 0.717) is 12.2 Å². The van der Waals surface area contributed by atoms with Crippen molar-refractivity contribution in [1.29, 1.82) is 0 Å². The Labute approximate surface area is 110 Å². The molecule has 1 aromatic rings. The zero-order chi connectivity index (χ0) is 13.2. The van der Waals surface area contributed by atoms with Gasteiger partial charge in [0, 0.05) is 12.1 Å². The zero-order valence-electron chi connectivity index (χ0n) is 9.99. The lowest BCUT2D eigenvalue weighted by Gasteiger charge is -2.29. The molecule has 3 N–H and O–H groups in total. The van der Waals surface area contributed by atoms with E-state index in [1.54, 1.807) is 12.1 Å². The third-order valence-electron chi connectivity index (χ3n) is 3.52. The van der Waals surface area contributed by atoms with E-state index in [4.69, 9.17) is 17.3 Å². The Bertz CT molecular complexity index is 459. The van der Waals surface area contributed by atoms with Crippen molar-refractivity contribution in [2.45, 2.75) is 31.2 Å². The van der Waals surface area contributed by atoms with Crippen LogP contribution in [0.2, 0.25) is 5.02 Å². The van der Waals surface area contributed by atoms with Crippen molar-refractivity contribution < 1.29 is 4.92 Å². The first-order chi connectivity index (χ1) is 8.58. The second-order valence-corrected chi connectivity index (χ2v) is 5.12. The lowest BCUT2D eigenvalue weighted by molar-refractivity contribution is -0.383. The van der Waals surface area contributed by atoms with Gasteiger partial charge >= 0.3 is 5.69 Å². The fourth-order valence-electron chi connectivity index (χ4n) is 2.52. The lowest BCUT2D eigenvalue weighted by atomic mass is 9.97. The molecular formula is C12H16ClN3O2. The number of nitro benzene ring substituents is 1. The summed E-state index contributed by atoms with van der Waals surface area (Å²) < 4.78 is 0. The number of rotatable bonds is 4. The normalized spacial score (nSPS) is 17.7. The highest BCUT2D eigenvalue weighted by molar-refractivity contribution is 6.33. The van der Waals surface area contributed by atoms with Crippen LogP contribution in [0, 0.1) is 10.1 Å². The van der Waals surface area contributed by atoms with Gasteiger partial charge in [-0.15, -0.1) is 0 Å². The Morgan fingerprint density at radius 1 is 1.44 bits per heavy atom. The number of halogens is 1. The van der Waals surface area contributed by atoms with Gasteiger partial charge in [-0.2, -0.15) is 0 Å². The second kappa shape index (κ2) is 5.12. The number of nitrogens with one attached hydrogen (secondary N) is 1. The Morgan fingerprint density at radius 3 is 2.67 bits per heavy atom. The van der Waals surface area contributed by atoms with Gasteiger partial charge in [-0.1, -0.05) is 30.5 Å².